The normalized spacial score (nSPS) is 30.4. The lowest BCUT2D eigenvalue weighted by atomic mass is 9.71. The van der Waals surface area contributed by atoms with E-state index in [4.69, 9.17) is 5.11 Å². The van der Waals surface area contributed by atoms with E-state index in [0.29, 0.717) is 25.1 Å². The fourth-order valence-electron chi connectivity index (χ4n) is 3.58. The predicted octanol–water partition coefficient (Wildman–Crippen LogP) is 2.32. The number of fused-ring (bicyclic) bond motifs is 1. The number of benzene rings is 1. The Kier molecular flexibility index (Phi) is 3.79. The Labute approximate surface area is 128 Å². The monoisotopic (exact) mass is 303 g/mol. The molecule has 5 heteroatoms. The number of carbonyl (C=O) groups is 1. The summed E-state index contributed by atoms with van der Waals surface area (Å²) in [6.45, 7) is 0.776. The topological polar surface area (TPSA) is 60.8 Å². The van der Waals surface area contributed by atoms with Crippen LogP contribution in [0.5, 0.6) is 0 Å². The van der Waals surface area contributed by atoms with E-state index >= 15 is 0 Å². The van der Waals surface area contributed by atoms with Gasteiger partial charge in [0, 0.05) is 24.6 Å². The zero-order chi connectivity index (χ0) is 15.7. The zero-order valence-corrected chi connectivity index (χ0v) is 12.1. The van der Waals surface area contributed by atoms with E-state index in [2.05, 4.69) is 11.8 Å². The number of nitrogens with zero attached hydrogens (tertiary/aromatic N) is 1. The summed E-state index contributed by atoms with van der Waals surface area (Å²) in [6.07, 6.45) is 1.32. The number of likely N-dealkylation sites (tertiary alicyclic amines) is 1. The third-order valence-electron chi connectivity index (χ3n) is 4.71. The first-order valence-corrected chi connectivity index (χ1v) is 7.47. The highest BCUT2D eigenvalue weighted by Gasteiger charge is 2.49. The van der Waals surface area contributed by atoms with E-state index in [1.807, 2.05) is 0 Å². The highest BCUT2D eigenvalue weighted by Crippen LogP contribution is 2.42. The van der Waals surface area contributed by atoms with Gasteiger partial charge in [0.2, 0.25) is 0 Å². The number of hydrogen-bond acceptors (Lipinski definition) is 2. The Hall–Kier alpha value is -2.06. The van der Waals surface area contributed by atoms with Crippen molar-refractivity contribution in [3.05, 3.63) is 35.6 Å². The van der Waals surface area contributed by atoms with Crippen molar-refractivity contribution < 1.29 is 19.4 Å². The Morgan fingerprint density at radius 3 is 2.95 bits per heavy atom. The summed E-state index contributed by atoms with van der Waals surface area (Å²) in [7, 11) is 0. The number of carboxylic acid groups (broad SMARTS) is 1. The number of rotatable bonds is 0. The first-order chi connectivity index (χ1) is 10.5. The van der Waals surface area contributed by atoms with Crippen LogP contribution in [0.15, 0.2) is 24.3 Å². The fraction of sp³-hybridized carbons (Fsp3) is 0.471. The fourth-order valence-corrected chi connectivity index (χ4v) is 3.58. The largest absolute Gasteiger partial charge is 0.465 e. The van der Waals surface area contributed by atoms with Crippen LogP contribution < -0.4 is 0 Å². The van der Waals surface area contributed by atoms with Crippen LogP contribution in [-0.2, 0) is 0 Å². The van der Waals surface area contributed by atoms with Gasteiger partial charge in [-0.05, 0) is 43.4 Å². The molecule has 0 radical (unpaired) electrons. The molecule has 4 nitrogen and oxygen atoms in total. The van der Waals surface area contributed by atoms with Gasteiger partial charge in [-0.2, -0.15) is 0 Å². The number of aliphatic hydroxyl groups is 1. The smallest absolute Gasteiger partial charge is 0.407 e. The maximum absolute atomic E-state index is 13.2. The lowest BCUT2D eigenvalue weighted by Crippen LogP contribution is -2.44. The molecule has 1 saturated carbocycles. The van der Waals surface area contributed by atoms with Crippen molar-refractivity contribution in [2.45, 2.75) is 24.9 Å². The van der Waals surface area contributed by atoms with Crippen molar-refractivity contribution in [3.8, 4) is 11.8 Å². The summed E-state index contributed by atoms with van der Waals surface area (Å²) < 4.78 is 13.2. The summed E-state index contributed by atoms with van der Waals surface area (Å²) >= 11 is 0. The molecule has 2 N–H and O–H groups in total. The van der Waals surface area contributed by atoms with Crippen LogP contribution in [0.1, 0.15) is 24.8 Å². The highest BCUT2D eigenvalue weighted by molar-refractivity contribution is 5.65. The van der Waals surface area contributed by atoms with Crippen LogP contribution in [0.4, 0.5) is 9.18 Å². The summed E-state index contributed by atoms with van der Waals surface area (Å²) in [6, 6.07) is 5.94. The quantitative estimate of drug-likeness (QED) is 0.723. The SMILES string of the molecule is O=C(O)N1CC2CCCC(O)(C#Cc3cccc(F)c3)C2C1. The van der Waals surface area contributed by atoms with Crippen molar-refractivity contribution in [2.75, 3.05) is 13.1 Å². The van der Waals surface area contributed by atoms with Gasteiger partial charge >= 0.3 is 6.09 Å². The molecule has 0 bridgehead atoms. The molecule has 22 heavy (non-hydrogen) atoms. The van der Waals surface area contributed by atoms with Crippen LogP contribution in [0.25, 0.3) is 0 Å². The minimum atomic E-state index is -1.20. The average Bonchev–Trinajstić information content (AvgIpc) is 2.92. The predicted molar refractivity (Wildman–Crippen MR) is 78.7 cm³/mol. The Morgan fingerprint density at radius 1 is 1.41 bits per heavy atom. The van der Waals surface area contributed by atoms with E-state index < -0.39 is 11.7 Å². The van der Waals surface area contributed by atoms with Gasteiger partial charge in [-0.3, -0.25) is 0 Å². The van der Waals surface area contributed by atoms with Gasteiger partial charge in [-0.15, -0.1) is 0 Å². The molecule has 1 aromatic rings. The maximum Gasteiger partial charge on any atom is 0.407 e. The molecular weight excluding hydrogens is 285 g/mol. The van der Waals surface area contributed by atoms with Crippen LogP contribution in [0, 0.1) is 29.5 Å². The van der Waals surface area contributed by atoms with Crippen molar-refractivity contribution in [1.82, 2.24) is 4.90 Å². The lowest BCUT2D eigenvalue weighted by Gasteiger charge is -2.37. The zero-order valence-electron chi connectivity index (χ0n) is 12.1. The molecule has 116 valence electrons. The molecule has 2 aliphatic rings. The standard InChI is InChI=1S/C17H18FNO3/c18-14-5-1-3-12(9-14)6-8-17(22)7-2-4-13-10-19(16(20)21)11-15(13)17/h1,3,5,9,13,15,22H,2,4,7,10-11H2,(H,20,21). The van der Waals surface area contributed by atoms with E-state index in [9.17, 15) is 14.3 Å². The minimum Gasteiger partial charge on any atom is -0.465 e. The van der Waals surface area contributed by atoms with Crippen molar-refractivity contribution in [3.63, 3.8) is 0 Å². The average molecular weight is 303 g/mol. The van der Waals surface area contributed by atoms with Gasteiger partial charge in [0.15, 0.2) is 0 Å². The van der Waals surface area contributed by atoms with E-state index in [0.717, 1.165) is 12.8 Å². The first-order valence-electron chi connectivity index (χ1n) is 7.47. The second-order valence-electron chi connectivity index (χ2n) is 6.13. The van der Waals surface area contributed by atoms with E-state index in [-0.39, 0.29) is 17.7 Å². The maximum atomic E-state index is 13.2. The van der Waals surface area contributed by atoms with Crippen LogP contribution in [0.3, 0.4) is 0 Å². The van der Waals surface area contributed by atoms with E-state index in [1.54, 1.807) is 12.1 Å². The van der Waals surface area contributed by atoms with Gasteiger partial charge in [0.05, 0.1) is 0 Å². The van der Waals surface area contributed by atoms with Crippen LogP contribution >= 0.6 is 0 Å². The summed E-state index contributed by atoms with van der Waals surface area (Å²) in [5.41, 5.74) is -0.678. The first kappa shape index (κ1) is 14.9. The van der Waals surface area contributed by atoms with Crippen molar-refractivity contribution in [2.24, 2.45) is 11.8 Å². The van der Waals surface area contributed by atoms with Crippen LogP contribution in [-0.4, -0.2) is 39.9 Å². The molecule has 1 aromatic carbocycles. The van der Waals surface area contributed by atoms with Gasteiger partial charge < -0.3 is 15.1 Å². The third kappa shape index (κ3) is 2.79. The number of amides is 1. The Bertz CT molecular complexity index is 651. The lowest BCUT2D eigenvalue weighted by molar-refractivity contribution is -0.00776. The second kappa shape index (κ2) is 5.62. The van der Waals surface area contributed by atoms with Gasteiger partial charge in [-0.25, -0.2) is 9.18 Å². The molecular formula is C17H18FNO3. The van der Waals surface area contributed by atoms with E-state index in [1.165, 1.54) is 17.0 Å². The molecule has 1 saturated heterocycles. The summed E-state index contributed by atoms with van der Waals surface area (Å²) in [5, 5.41) is 20.0. The minimum absolute atomic E-state index is 0.150. The molecule has 1 heterocycles. The number of hydrogen-bond donors (Lipinski definition) is 2. The Morgan fingerprint density at radius 2 is 2.23 bits per heavy atom. The molecule has 2 fully saturated rings. The van der Waals surface area contributed by atoms with Crippen molar-refractivity contribution in [1.29, 1.82) is 0 Å². The molecule has 1 amide bonds. The summed E-state index contributed by atoms with van der Waals surface area (Å²) in [5.74, 6) is 5.36. The van der Waals surface area contributed by atoms with Gasteiger partial charge in [0.25, 0.3) is 0 Å². The third-order valence-corrected chi connectivity index (χ3v) is 4.71. The number of halogens is 1. The van der Waals surface area contributed by atoms with Gasteiger partial charge in [0.1, 0.15) is 11.4 Å². The van der Waals surface area contributed by atoms with Crippen LogP contribution in [0.2, 0.25) is 0 Å². The summed E-state index contributed by atoms with van der Waals surface area (Å²) in [4.78, 5) is 12.5. The molecule has 1 aliphatic heterocycles. The Balaban J connectivity index is 1.84. The molecule has 0 aromatic heterocycles. The van der Waals surface area contributed by atoms with Gasteiger partial charge in [-0.1, -0.05) is 17.9 Å². The molecule has 3 atom stereocenters. The molecule has 0 spiro atoms. The molecule has 3 rings (SSSR count). The molecule has 3 unspecified atom stereocenters. The molecule has 1 aliphatic carbocycles. The second-order valence-corrected chi connectivity index (χ2v) is 6.13. The van der Waals surface area contributed by atoms with Crippen molar-refractivity contribution >= 4 is 6.09 Å². The highest BCUT2D eigenvalue weighted by atomic mass is 19.1.